The molecular weight excluding hydrogens is 232 g/mol. The molecule has 104 valence electrons. The zero-order chi connectivity index (χ0) is 14.1. The van der Waals surface area contributed by atoms with Crippen molar-refractivity contribution >= 4 is 11.9 Å². The molecule has 0 amide bonds. The molecule has 0 bridgehead atoms. The van der Waals surface area contributed by atoms with E-state index in [0.717, 1.165) is 5.57 Å². The highest BCUT2D eigenvalue weighted by Gasteiger charge is 2.35. The number of allylic oxidation sites excluding steroid dienone is 2. The van der Waals surface area contributed by atoms with E-state index in [9.17, 15) is 9.59 Å². The van der Waals surface area contributed by atoms with E-state index in [-0.39, 0.29) is 19.1 Å². The molecule has 0 aliphatic heterocycles. The van der Waals surface area contributed by atoms with Crippen molar-refractivity contribution in [3.05, 3.63) is 11.6 Å². The predicted molar refractivity (Wildman–Crippen MR) is 70.0 cm³/mol. The lowest BCUT2D eigenvalue weighted by atomic mass is 9.88. The molecule has 0 rings (SSSR count). The smallest absolute Gasteiger partial charge is 0.320 e. The molecule has 0 saturated heterocycles. The van der Waals surface area contributed by atoms with Crippen molar-refractivity contribution in [2.75, 3.05) is 13.2 Å². The fraction of sp³-hybridized carbons (Fsp3) is 0.714. The van der Waals surface area contributed by atoms with E-state index in [4.69, 9.17) is 9.47 Å². The molecule has 0 fully saturated rings. The third-order valence-electron chi connectivity index (χ3n) is 2.53. The number of hydrogen-bond donors (Lipinski definition) is 0. The molecular formula is C14H24O4. The van der Waals surface area contributed by atoms with Gasteiger partial charge in [-0.1, -0.05) is 18.6 Å². The summed E-state index contributed by atoms with van der Waals surface area (Å²) in [5.41, 5.74) is 1.07. The van der Waals surface area contributed by atoms with E-state index in [0.29, 0.717) is 6.42 Å². The van der Waals surface area contributed by atoms with Gasteiger partial charge in [-0.25, -0.2) is 0 Å². The Kier molecular flexibility index (Phi) is 8.08. The van der Waals surface area contributed by atoms with Gasteiger partial charge in [0.15, 0.2) is 5.92 Å². The quantitative estimate of drug-likeness (QED) is 0.399. The second-order valence-corrected chi connectivity index (χ2v) is 4.30. The average Bonchev–Trinajstić information content (AvgIpc) is 2.28. The van der Waals surface area contributed by atoms with Crippen LogP contribution < -0.4 is 0 Å². The van der Waals surface area contributed by atoms with Crippen molar-refractivity contribution in [1.29, 1.82) is 0 Å². The molecule has 0 aliphatic carbocycles. The molecule has 0 saturated carbocycles. The minimum Gasteiger partial charge on any atom is -0.465 e. The zero-order valence-corrected chi connectivity index (χ0v) is 12.0. The van der Waals surface area contributed by atoms with Crippen molar-refractivity contribution in [3.8, 4) is 0 Å². The summed E-state index contributed by atoms with van der Waals surface area (Å²) in [5, 5.41) is 0. The Morgan fingerprint density at radius 2 is 1.44 bits per heavy atom. The van der Waals surface area contributed by atoms with Crippen LogP contribution in [0.5, 0.6) is 0 Å². The Bertz CT molecular complexity index is 285. The standard InChI is InChI=1S/C14H24O4/c1-6-11(9-10(4)5)12(13(15)17-7-2)14(16)18-8-3/h9,11-12H,6-8H2,1-5H3. The minimum absolute atomic E-state index is 0.173. The second-order valence-electron chi connectivity index (χ2n) is 4.30. The van der Waals surface area contributed by atoms with Gasteiger partial charge < -0.3 is 9.47 Å². The van der Waals surface area contributed by atoms with Crippen LogP contribution in [0.15, 0.2) is 11.6 Å². The second kappa shape index (κ2) is 8.72. The first-order valence-electron chi connectivity index (χ1n) is 6.46. The molecule has 0 radical (unpaired) electrons. The molecule has 0 spiro atoms. The lowest BCUT2D eigenvalue weighted by Gasteiger charge is -2.20. The largest absolute Gasteiger partial charge is 0.465 e. The fourth-order valence-corrected chi connectivity index (χ4v) is 1.79. The molecule has 18 heavy (non-hydrogen) atoms. The van der Waals surface area contributed by atoms with Gasteiger partial charge >= 0.3 is 11.9 Å². The van der Waals surface area contributed by atoms with Gasteiger partial charge in [0.25, 0.3) is 0 Å². The van der Waals surface area contributed by atoms with E-state index in [1.807, 2.05) is 26.8 Å². The summed E-state index contributed by atoms with van der Waals surface area (Å²) in [6.07, 6.45) is 2.62. The fourth-order valence-electron chi connectivity index (χ4n) is 1.79. The predicted octanol–water partition coefficient (Wildman–Crippen LogP) is 2.72. The highest BCUT2D eigenvalue weighted by Crippen LogP contribution is 2.22. The molecule has 1 atom stereocenters. The Morgan fingerprint density at radius 1 is 1.00 bits per heavy atom. The average molecular weight is 256 g/mol. The Balaban J connectivity index is 5.10. The van der Waals surface area contributed by atoms with Crippen LogP contribution in [0.25, 0.3) is 0 Å². The number of carbonyl (C=O) groups excluding carboxylic acids is 2. The molecule has 0 heterocycles. The maximum Gasteiger partial charge on any atom is 0.320 e. The highest BCUT2D eigenvalue weighted by molar-refractivity contribution is 5.95. The van der Waals surface area contributed by atoms with Gasteiger partial charge in [-0.3, -0.25) is 9.59 Å². The summed E-state index contributed by atoms with van der Waals surface area (Å²) in [7, 11) is 0. The first-order chi connectivity index (χ1) is 8.47. The number of ether oxygens (including phenoxy) is 2. The maximum atomic E-state index is 11.9. The monoisotopic (exact) mass is 256 g/mol. The Morgan fingerprint density at radius 3 is 1.72 bits per heavy atom. The van der Waals surface area contributed by atoms with E-state index in [1.54, 1.807) is 13.8 Å². The van der Waals surface area contributed by atoms with Gasteiger partial charge in [-0.2, -0.15) is 0 Å². The summed E-state index contributed by atoms with van der Waals surface area (Å²) < 4.78 is 9.93. The van der Waals surface area contributed by atoms with Gasteiger partial charge in [-0.15, -0.1) is 0 Å². The van der Waals surface area contributed by atoms with Crippen molar-refractivity contribution in [1.82, 2.24) is 0 Å². The molecule has 0 aromatic rings. The van der Waals surface area contributed by atoms with Crippen LogP contribution in [0.3, 0.4) is 0 Å². The van der Waals surface area contributed by atoms with Gasteiger partial charge in [0, 0.05) is 5.92 Å². The highest BCUT2D eigenvalue weighted by atomic mass is 16.6. The molecule has 0 aromatic carbocycles. The van der Waals surface area contributed by atoms with Crippen LogP contribution in [0, 0.1) is 11.8 Å². The third-order valence-corrected chi connectivity index (χ3v) is 2.53. The minimum atomic E-state index is -0.857. The Labute approximate surface area is 109 Å². The molecule has 4 nitrogen and oxygen atoms in total. The van der Waals surface area contributed by atoms with Crippen LogP contribution in [-0.2, 0) is 19.1 Å². The summed E-state index contributed by atoms with van der Waals surface area (Å²) >= 11 is 0. The van der Waals surface area contributed by atoms with Gasteiger partial charge in [0.2, 0.25) is 0 Å². The normalized spacial score (nSPS) is 11.9. The maximum absolute atomic E-state index is 11.9. The van der Waals surface area contributed by atoms with Crippen LogP contribution in [0.2, 0.25) is 0 Å². The topological polar surface area (TPSA) is 52.6 Å². The number of rotatable bonds is 7. The van der Waals surface area contributed by atoms with E-state index < -0.39 is 17.9 Å². The van der Waals surface area contributed by atoms with Gasteiger partial charge in [0.1, 0.15) is 0 Å². The number of hydrogen-bond acceptors (Lipinski definition) is 4. The van der Waals surface area contributed by atoms with Crippen molar-refractivity contribution in [2.24, 2.45) is 11.8 Å². The first kappa shape index (κ1) is 16.7. The van der Waals surface area contributed by atoms with E-state index >= 15 is 0 Å². The molecule has 0 N–H and O–H groups in total. The van der Waals surface area contributed by atoms with Crippen LogP contribution in [0.1, 0.15) is 41.0 Å². The third kappa shape index (κ3) is 5.34. The lowest BCUT2D eigenvalue weighted by Crippen LogP contribution is -2.33. The van der Waals surface area contributed by atoms with Crippen LogP contribution >= 0.6 is 0 Å². The number of carbonyl (C=O) groups is 2. The van der Waals surface area contributed by atoms with Crippen molar-refractivity contribution < 1.29 is 19.1 Å². The summed E-state index contributed by atoms with van der Waals surface area (Å²) in [6.45, 7) is 9.80. The SMILES string of the molecule is CCOC(=O)C(C(=O)OCC)C(C=C(C)C)CC. The summed E-state index contributed by atoms with van der Waals surface area (Å²) in [4.78, 5) is 23.8. The van der Waals surface area contributed by atoms with Crippen molar-refractivity contribution in [2.45, 2.75) is 41.0 Å². The first-order valence-corrected chi connectivity index (χ1v) is 6.46. The Hall–Kier alpha value is -1.32. The zero-order valence-electron chi connectivity index (χ0n) is 12.0. The molecule has 4 heteroatoms. The van der Waals surface area contributed by atoms with Gasteiger partial charge in [-0.05, 0) is 34.1 Å². The van der Waals surface area contributed by atoms with Crippen molar-refractivity contribution in [3.63, 3.8) is 0 Å². The molecule has 0 aromatic heterocycles. The summed E-state index contributed by atoms with van der Waals surface area (Å²) in [5.74, 6) is -2.03. The summed E-state index contributed by atoms with van der Waals surface area (Å²) in [6, 6.07) is 0. The van der Waals surface area contributed by atoms with E-state index in [2.05, 4.69) is 0 Å². The lowest BCUT2D eigenvalue weighted by molar-refractivity contribution is -0.163. The molecule has 1 unspecified atom stereocenters. The van der Waals surface area contributed by atoms with Gasteiger partial charge in [0.05, 0.1) is 13.2 Å². The molecule has 0 aliphatic rings. The number of esters is 2. The van der Waals surface area contributed by atoms with E-state index in [1.165, 1.54) is 0 Å². The van der Waals surface area contributed by atoms with Crippen LogP contribution in [-0.4, -0.2) is 25.2 Å². The van der Waals surface area contributed by atoms with Crippen LogP contribution in [0.4, 0.5) is 0 Å².